The van der Waals surface area contributed by atoms with Crippen LogP contribution in [0.15, 0.2) is 30.3 Å². The molecule has 0 atom stereocenters. The van der Waals surface area contributed by atoms with E-state index < -0.39 is 0 Å². The van der Waals surface area contributed by atoms with Crippen molar-refractivity contribution < 1.29 is 0 Å². The molecular formula is C15H18N2. The monoisotopic (exact) mass is 226 g/mol. The first-order chi connectivity index (χ1) is 8.27. The minimum Gasteiger partial charge on any atom is -0.347 e. The lowest BCUT2D eigenvalue weighted by atomic mass is 10.1. The zero-order valence-electron chi connectivity index (χ0n) is 10.5. The van der Waals surface area contributed by atoms with E-state index >= 15 is 0 Å². The van der Waals surface area contributed by atoms with Crippen LogP contribution < -0.4 is 5.32 Å². The van der Waals surface area contributed by atoms with Gasteiger partial charge in [-0.1, -0.05) is 24.3 Å². The Morgan fingerprint density at radius 1 is 1.24 bits per heavy atom. The number of hydrogen-bond donors (Lipinski definition) is 1. The number of rotatable bonds is 1. The largest absolute Gasteiger partial charge is 0.347 e. The Labute approximate surface area is 102 Å². The SMILES string of the molecule is Cc1ccccc1-c1cc2c(n1C)CCNC2. The van der Waals surface area contributed by atoms with E-state index in [2.05, 4.69) is 54.2 Å². The number of aromatic nitrogens is 1. The van der Waals surface area contributed by atoms with Gasteiger partial charge in [0.2, 0.25) is 0 Å². The normalized spacial score (nSPS) is 14.7. The van der Waals surface area contributed by atoms with E-state index in [1.165, 1.54) is 28.1 Å². The summed E-state index contributed by atoms with van der Waals surface area (Å²) in [7, 11) is 2.19. The molecule has 2 nitrogen and oxygen atoms in total. The lowest BCUT2D eigenvalue weighted by molar-refractivity contribution is 0.619. The highest BCUT2D eigenvalue weighted by Gasteiger charge is 2.16. The summed E-state index contributed by atoms with van der Waals surface area (Å²) in [5.41, 5.74) is 6.98. The molecule has 1 aliphatic heterocycles. The Morgan fingerprint density at radius 2 is 2.06 bits per heavy atom. The molecule has 0 saturated carbocycles. The van der Waals surface area contributed by atoms with Gasteiger partial charge >= 0.3 is 0 Å². The highest BCUT2D eigenvalue weighted by molar-refractivity contribution is 5.66. The Kier molecular flexibility index (Phi) is 2.52. The lowest BCUT2D eigenvalue weighted by Crippen LogP contribution is -2.24. The molecular weight excluding hydrogens is 208 g/mol. The molecule has 1 aromatic heterocycles. The molecule has 0 aliphatic carbocycles. The van der Waals surface area contributed by atoms with Crippen LogP contribution in [0.25, 0.3) is 11.3 Å². The Hall–Kier alpha value is -1.54. The molecule has 0 saturated heterocycles. The topological polar surface area (TPSA) is 17.0 Å². The van der Waals surface area contributed by atoms with Gasteiger partial charge in [0.25, 0.3) is 0 Å². The summed E-state index contributed by atoms with van der Waals surface area (Å²) in [4.78, 5) is 0. The van der Waals surface area contributed by atoms with E-state index in [0.717, 1.165) is 19.5 Å². The number of aryl methyl sites for hydroxylation is 1. The Balaban J connectivity index is 2.16. The predicted molar refractivity (Wildman–Crippen MR) is 71.0 cm³/mol. The van der Waals surface area contributed by atoms with Crippen molar-refractivity contribution in [2.75, 3.05) is 6.54 Å². The van der Waals surface area contributed by atoms with E-state index in [-0.39, 0.29) is 0 Å². The Morgan fingerprint density at radius 3 is 2.82 bits per heavy atom. The van der Waals surface area contributed by atoms with Crippen LogP contribution in [0.1, 0.15) is 16.8 Å². The molecule has 0 fully saturated rings. The van der Waals surface area contributed by atoms with Crippen LogP contribution in [0.4, 0.5) is 0 Å². The van der Waals surface area contributed by atoms with Crippen molar-refractivity contribution in [3.63, 3.8) is 0 Å². The minimum absolute atomic E-state index is 1.01. The van der Waals surface area contributed by atoms with Gasteiger partial charge in [0.05, 0.1) is 0 Å². The first-order valence-corrected chi connectivity index (χ1v) is 6.21. The highest BCUT2D eigenvalue weighted by atomic mass is 15.0. The standard InChI is InChI=1S/C15H18N2/c1-11-5-3-4-6-13(11)15-9-12-10-16-8-7-14(12)17(15)2/h3-6,9,16H,7-8,10H2,1-2H3. The van der Waals surface area contributed by atoms with Crippen LogP contribution in [-0.4, -0.2) is 11.1 Å². The second-order valence-electron chi connectivity index (χ2n) is 4.80. The predicted octanol–water partition coefficient (Wildman–Crippen LogP) is 2.65. The summed E-state index contributed by atoms with van der Waals surface area (Å²) in [6.07, 6.45) is 1.14. The summed E-state index contributed by atoms with van der Waals surface area (Å²) in [6.45, 7) is 4.28. The number of nitrogens with zero attached hydrogens (tertiary/aromatic N) is 1. The molecule has 17 heavy (non-hydrogen) atoms. The van der Waals surface area contributed by atoms with Gasteiger partial charge in [-0.3, -0.25) is 0 Å². The molecule has 0 amide bonds. The maximum atomic E-state index is 3.43. The van der Waals surface area contributed by atoms with Gasteiger partial charge in [0, 0.05) is 43.5 Å². The van der Waals surface area contributed by atoms with Gasteiger partial charge in [0.1, 0.15) is 0 Å². The van der Waals surface area contributed by atoms with Crippen LogP contribution >= 0.6 is 0 Å². The van der Waals surface area contributed by atoms with Crippen molar-refractivity contribution >= 4 is 0 Å². The Bertz CT molecular complexity index is 552. The van der Waals surface area contributed by atoms with E-state index in [1.54, 1.807) is 0 Å². The summed E-state index contributed by atoms with van der Waals surface area (Å²) < 4.78 is 2.36. The second-order valence-corrected chi connectivity index (χ2v) is 4.80. The molecule has 0 radical (unpaired) electrons. The third kappa shape index (κ3) is 1.69. The number of benzene rings is 1. The van der Waals surface area contributed by atoms with E-state index in [4.69, 9.17) is 0 Å². The van der Waals surface area contributed by atoms with Crippen molar-refractivity contribution in [1.29, 1.82) is 0 Å². The maximum Gasteiger partial charge on any atom is 0.0485 e. The average molecular weight is 226 g/mol. The molecule has 2 heteroatoms. The summed E-state index contributed by atoms with van der Waals surface area (Å²) in [6, 6.07) is 10.9. The number of nitrogens with one attached hydrogen (secondary N) is 1. The molecule has 88 valence electrons. The van der Waals surface area contributed by atoms with Crippen LogP contribution in [-0.2, 0) is 20.0 Å². The first-order valence-electron chi connectivity index (χ1n) is 6.21. The van der Waals surface area contributed by atoms with Gasteiger partial charge in [-0.2, -0.15) is 0 Å². The van der Waals surface area contributed by atoms with Gasteiger partial charge < -0.3 is 9.88 Å². The van der Waals surface area contributed by atoms with Crippen LogP contribution in [0.3, 0.4) is 0 Å². The molecule has 1 N–H and O–H groups in total. The molecule has 0 spiro atoms. The minimum atomic E-state index is 1.01. The third-order valence-corrected chi connectivity index (χ3v) is 3.72. The molecule has 0 unspecified atom stereocenters. The van der Waals surface area contributed by atoms with E-state index in [9.17, 15) is 0 Å². The molecule has 1 aromatic carbocycles. The average Bonchev–Trinajstić information content (AvgIpc) is 2.68. The number of fused-ring (bicyclic) bond motifs is 1. The third-order valence-electron chi connectivity index (χ3n) is 3.72. The van der Waals surface area contributed by atoms with Crippen molar-refractivity contribution in [1.82, 2.24) is 9.88 Å². The fraction of sp³-hybridized carbons (Fsp3) is 0.333. The molecule has 1 aliphatic rings. The van der Waals surface area contributed by atoms with Crippen molar-refractivity contribution in [2.24, 2.45) is 7.05 Å². The van der Waals surface area contributed by atoms with Crippen molar-refractivity contribution in [2.45, 2.75) is 19.9 Å². The fourth-order valence-electron chi connectivity index (χ4n) is 2.74. The zero-order valence-corrected chi connectivity index (χ0v) is 10.5. The van der Waals surface area contributed by atoms with Crippen LogP contribution in [0.5, 0.6) is 0 Å². The molecule has 0 bridgehead atoms. The highest BCUT2D eigenvalue weighted by Crippen LogP contribution is 2.28. The first kappa shape index (κ1) is 10.6. The summed E-state index contributed by atoms with van der Waals surface area (Å²) in [5.74, 6) is 0. The van der Waals surface area contributed by atoms with Crippen molar-refractivity contribution in [3.8, 4) is 11.3 Å². The van der Waals surface area contributed by atoms with Crippen molar-refractivity contribution in [3.05, 3.63) is 47.2 Å². The smallest absolute Gasteiger partial charge is 0.0485 e. The van der Waals surface area contributed by atoms with Gasteiger partial charge in [-0.15, -0.1) is 0 Å². The molecule has 3 rings (SSSR count). The lowest BCUT2D eigenvalue weighted by Gasteiger charge is -2.15. The van der Waals surface area contributed by atoms with Crippen LogP contribution in [0.2, 0.25) is 0 Å². The molecule has 2 heterocycles. The van der Waals surface area contributed by atoms with E-state index in [0.29, 0.717) is 0 Å². The quantitative estimate of drug-likeness (QED) is 0.791. The number of hydrogen-bond acceptors (Lipinski definition) is 1. The van der Waals surface area contributed by atoms with Gasteiger partial charge in [0.15, 0.2) is 0 Å². The van der Waals surface area contributed by atoms with E-state index in [1.807, 2.05) is 0 Å². The summed E-state index contributed by atoms with van der Waals surface area (Å²) >= 11 is 0. The summed E-state index contributed by atoms with van der Waals surface area (Å²) in [5, 5.41) is 3.43. The zero-order chi connectivity index (χ0) is 11.8. The van der Waals surface area contributed by atoms with Gasteiger partial charge in [-0.05, 0) is 24.1 Å². The second kappa shape index (κ2) is 4.04. The fourth-order valence-corrected chi connectivity index (χ4v) is 2.74. The maximum absolute atomic E-state index is 3.43. The molecule has 2 aromatic rings. The van der Waals surface area contributed by atoms with Crippen LogP contribution in [0, 0.1) is 6.92 Å². The van der Waals surface area contributed by atoms with Gasteiger partial charge in [-0.25, -0.2) is 0 Å².